The lowest BCUT2D eigenvalue weighted by Gasteiger charge is -2.13. The van der Waals surface area contributed by atoms with Crippen LogP contribution < -0.4 is 0 Å². The van der Waals surface area contributed by atoms with Gasteiger partial charge < -0.3 is 4.74 Å². The van der Waals surface area contributed by atoms with Gasteiger partial charge in [-0.05, 0) is 30.4 Å². The summed E-state index contributed by atoms with van der Waals surface area (Å²) in [5.74, 6) is -0.162. The minimum atomic E-state index is -0.162. The van der Waals surface area contributed by atoms with E-state index in [1.807, 2.05) is 35.7 Å². The van der Waals surface area contributed by atoms with E-state index in [9.17, 15) is 4.79 Å². The van der Waals surface area contributed by atoms with Crippen LogP contribution in [-0.2, 0) is 9.53 Å². The molecule has 1 aliphatic rings. The minimum absolute atomic E-state index is 0.162. The number of carbonyl (C=O) groups excluding carboxylic acids is 1. The van der Waals surface area contributed by atoms with Crippen molar-refractivity contribution in [3.05, 3.63) is 41.3 Å². The summed E-state index contributed by atoms with van der Waals surface area (Å²) in [5.41, 5.74) is 0.787. The molecule has 1 saturated heterocycles. The molecule has 15 heavy (non-hydrogen) atoms. The number of ether oxygens (including phenoxy) is 1. The lowest BCUT2D eigenvalue weighted by atomic mass is 10.1. The predicted molar refractivity (Wildman–Crippen MR) is 60.6 cm³/mol. The second-order valence-electron chi connectivity index (χ2n) is 3.31. The Kier molecular flexibility index (Phi) is 3.45. The molecule has 0 aromatic heterocycles. The predicted octanol–water partition coefficient (Wildman–Crippen LogP) is 3.00. The van der Waals surface area contributed by atoms with Crippen molar-refractivity contribution in [1.82, 2.24) is 0 Å². The van der Waals surface area contributed by atoms with Gasteiger partial charge in [-0.1, -0.05) is 30.0 Å². The minimum Gasteiger partial charge on any atom is -0.462 e. The summed E-state index contributed by atoms with van der Waals surface area (Å²) in [6, 6.07) is 10.00. The first-order valence-electron chi connectivity index (χ1n) is 4.94. The molecule has 0 spiro atoms. The van der Waals surface area contributed by atoms with Crippen molar-refractivity contribution in [2.24, 2.45) is 0 Å². The lowest BCUT2D eigenvalue weighted by molar-refractivity contribution is -0.141. The Labute approximate surface area is 93.3 Å². The largest absolute Gasteiger partial charge is 0.462 e. The molecule has 1 aromatic carbocycles. The third-order valence-corrected chi connectivity index (χ3v) is 3.11. The van der Waals surface area contributed by atoms with Crippen LogP contribution in [0, 0.1) is 0 Å². The monoisotopic (exact) mass is 220 g/mol. The molecule has 2 rings (SSSR count). The van der Waals surface area contributed by atoms with Gasteiger partial charge in [0.1, 0.15) is 0 Å². The molecule has 1 fully saturated rings. The molecule has 0 bridgehead atoms. The standard InChI is InChI=1S/C12H12O2S/c13-12-10(5-4-8-14-12)9-15-11-6-2-1-3-7-11/h1-3,6-7,9H,4-5,8H2. The van der Waals surface area contributed by atoms with Crippen LogP contribution in [0.1, 0.15) is 12.8 Å². The highest BCUT2D eigenvalue weighted by Gasteiger charge is 2.15. The summed E-state index contributed by atoms with van der Waals surface area (Å²) in [7, 11) is 0. The van der Waals surface area contributed by atoms with E-state index >= 15 is 0 Å². The Morgan fingerprint density at radius 3 is 2.80 bits per heavy atom. The first-order chi connectivity index (χ1) is 7.36. The van der Waals surface area contributed by atoms with Gasteiger partial charge in [-0.25, -0.2) is 4.79 Å². The second kappa shape index (κ2) is 5.03. The molecule has 0 amide bonds. The molecular formula is C12H12O2S. The molecule has 1 heterocycles. The van der Waals surface area contributed by atoms with Crippen LogP contribution in [0.3, 0.4) is 0 Å². The molecule has 1 aromatic rings. The number of benzene rings is 1. The maximum absolute atomic E-state index is 11.3. The molecule has 3 heteroatoms. The molecule has 1 aliphatic heterocycles. The van der Waals surface area contributed by atoms with Gasteiger partial charge in [0.05, 0.1) is 6.61 Å². The van der Waals surface area contributed by atoms with Crippen molar-refractivity contribution >= 4 is 17.7 Å². The van der Waals surface area contributed by atoms with E-state index in [4.69, 9.17) is 4.74 Å². The molecule has 0 saturated carbocycles. The molecule has 0 radical (unpaired) electrons. The van der Waals surface area contributed by atoms with Gasteiger partial charge in [-0.15, -0.1) is 0 Å². The Hall–Kier alpha value is -1.22. The third-order valence-electron chi connectivity index (χ3n) is 2.17. The molecule has 0 unspecified atom stereocenters. The molecule has 0 aliphatic carbocycles. The Morgan fingerprint density at radius 2 is 2.07 bits per heavy atom. The molecular weight excluding hydrogens is 208 g/mol. The zero-order valence-electron chi connectivity index (χ0n) is 8.31. The highest BCUT2D eigenvalue weighted by Crippen LogP contribution is 2.23. The first kappa shape index (κ1) is 10.3. The van der Waals surface area contributed by atoms with Crippen LogP contribution in [0.4, 0.5) is 0 Å². The van der Waals surface area contributed by atoms with Crippen LogP contribution in [0.15, 0.2) is 46.2 Å². The van der Waals surface area contributed by atoms with Crippen molar-refractivity contribution in [3.8, 4) is 0 Å². The summed E-state index contributed by atoms with van der Waals surface area (Å²) in [6.07, 6.45) is 1.77. The SMILES string of the molecule is O=C1OCCCC1=CSc1ccccc1. The average Bonchev–Trinajstić information content (AvgIpc) is 2.29. The van der Waals surface area contributed by atoms with Crippen molar-refractivity contribution in [3.63, 3.8) is 0 Å². The zero-order chi connectivity index (χ0) is 10.5. The van der Waals surface area contributed by atoms with Gasteiger partial charge in [-0.3, -0.25) is 0 Å². The Morgan fingerprint density at radius 1 is 1.27 bits per heavy atom. The zero-order valence-corrected chi connectivity index (χ0v) is 9.13. The van der Waals surface area contributed by atoms with E-state index in [-0.39, 0.29) is 5.97 Å². The fourth-order valence-electron chi connectivity index (χ4n) is 1.37. The van der Waals surface area contributed by atoms with Gasteiger partial charge in [-0.2, -0.15) is 0 Å². The third kappa shape index (κ3) is 2.86. The van der Waals surface area contributed by atoms with E-state index in [2.05, 4.69) is 0 Å². The van der Waals surface area contributed by atoms with E-state index in [0.29, 0.717) is 6.61 Å². The highest BCUT2D eigenvalue weighted by atomic mass is 32.2. The summed E-state index contributed by atoms with van der Waals surface area (Å²) in [6.45, 7) is 0.562. The number of thioether (sulfide) groups is 1. The highest BCUT2D eigenvalue weighted by molar-refractivity contribution is 8.02. The number of cyclic esters (lactones) is 1. The van der Waals surface area contributed by atoms with Crippen LogP contribution in [0.2, 0.25) is 0 Å². The fraction of sp³-hybridized carbons (Fsp3) is 0.250. The molecule has 78 valence electrons. The number of hydrogen-bond acceptors (Lipinski definition) is 3. The smallest absolute Gasteiger partial charge is 0.334 e. The molecule has 2 nitrogen and oxygen atoms in total. The van der Waals surface area contributed by atoms with Crippen molar-refractivity contribution in [2.45, 2.75) is 17.7 Å². The lowest BCUT2D eigenvalue weighted by Crippen LogP contribution is -2.14. The van der Waals surface area contributed by atoms with Gasteiger partial charge >= 0.3 is 5.97 Å². The Balaban J connectivity index is 2.01. The van der Waals surface area contributed by atoms with E-state index in [1.165, 1.54) is 0 Å². The normalized spacial score (nSPS) is 18.9. The summed E-state index contributed by atoms with van der Waals surface area (Å²) in [4.78, 5) is 12.5. The fourth-order valence-corrected chi connectivity index (χ4v) is 2.17. The molecule has 0 atom stereocenters. The maximum atomic E-state index is 11.3. The van der Waals surface area contributed by atoms with Crippen LogP contribution >= 0.6 is 11.8 Å². The number of esters is 1. The average molecular weight is 220 g/mol. The molecule has 0 N–H and O–H groups in total. The van der Waals surface area contributed by atoms with Gasteiger partial charge in [0, 0.05) is 10.5 Å². The second-order valence-corrected chi connectivity index (χ2v) is 4.26. The van der Waals surface area contributed by atoms with E-state index in [1.54, 1.807) is 11.8 Å². The van der Waals surface area contributed by atoms with Gasteiger partial charge in [0.15, 0.2) is 0 Å². The number of hydrogen-bond donors (Lipinski definition) is 0. The summed E-state index contributed by atoms with van der Waals surface area (Å²) < 4.78 is 4.96. The van der Waals surface area contributed by atoms with Crippen molar-refractivity contribution < 1.29 is 9.53 Å². The van der Waals surface area contributed by atoms with Crippen LogP contribution in [0.5, 0.6) is 0 Å². The van der Waals surface area contributed by atoms with Gasteiger partial charge in [0.25, 0.3) is 0 Å². The van der Waals surface area contributed by atoms with E-state index < -0.39 is 0 Å². The van der Waals surface area contributed by atoms with Crippen LogP contribution in [0.25, 0.3) is 0 Å². The van der Waals surface area contributed by atoms with Crippen molar-refractivity contribution in [2.75, 3.05) is 6.61 Å². The van der Waals surface area contributed by atoms with Crippen LogP contribution in [-0.4, -0.2) is 12.6 Å². The maximum Gasteiger partial charge on any atom is 0.334 e. The Bertz CT molecular complexity index is 370. The summed E-state index contributed by atoms with van der Waals surface area (Å²) in [5, 5.41) is 1.90. The summed E-state index contributed by atoms with van der Waals surface area (Å²) >= 11 is 1.57. The topological polar surface area (TPSA) is 26.3 Å². The quantitative estimate of drug-likeness (QED) is 0.435. The first-order valence-corrected chi connectivity index (χ1v) is 5.82. The van der Waals surface area contributed by atoms with Crippen molar-refractivity contribution in [1.29, 1.82) is 0 Å². The number of rotatable bonds is 2. The van der Waals surface area contributed by atoms with Gasteiger partial charge in [0.2, 0.25) is 0 Å². The van der Waals surface area contributed by atoms with E-state index in [0.717, 1.165) is 23.3 Å². The number of carbonyl (C=O) groups is 1.